The number of benzene rings is 1. The van der Waals surface area contributed by atoms with E-state index in [1.54, 1.807) is 0 Å². The first-order valence-corrected chi connectivity index (χ1v) is 9.09. The van der Waals surface area contributed by atoms with E-state index in [1.165, 1.54) is 47.9 Å². The molecule has 2 N–H and O–H groups in total. The number of aliphatic hydroxyl groups is 1. The van der Waals surface area contributed by atoms with Crippen LogP contribution in [0.5, 0.6) is 0 Å². The quantitative estimate of drug-likeness (QED) is 0.856. The van der Waals surface area contributed by atoms with Gasteiger partial charge in [-0.1, -0.05) is 18.2 Å². The first-order valence-electron chi connectivity index (χ1n) is 9.09. The first-order chi connectivity index (χ1) is 11.6. The molecule has 1 atom stereocenters. The number of aliphatic hydroxyl groups excluding tert-OH is 1. The van der Waals surface area contributed by atoms with Gasteiger partial charge >= 0.3 is 0 Å². The molecule has 130 valence electrons. The molecule has 4 nitrogen and oxygen atoms in total. The van der Waals surface area contributed by atoms with Gasteiger partial charge in [0.1, 0.15) is 0 Å². The van der Waals surface area contributed by atoms with Crippen LogP contribution in [0.25, 0.3) is 0 Å². The molecule has 0 fully saturated rings. The Kier molecular flexibility index (Phi) is 5.36. The highest BCUT2D eigenvalue weighted by molar-refractivity contribution is 5.35. The van der Waals surface area contributed by atoms with Crippen LogP contribution in [0.1, 0.15) is 59.4 Å². The molecule has 1 unspecified atom stereocenters. The van der Waals surface area contributed by atoms with E-state index in [9.17, 15) is 0 Å². The van der Waals surface area contributed by atoms with Crippen LogP contribution < -0.4 is 5.32 Å². The summed E-state index contributed by atoms with van der Waals surface area (Å²) in [6.45, 7) is 7.85. The van der Waals surface area contributed by atoms with Crippen molar-refractivity contribution in [3.8, 4) is 0 Å². The third-order valence-electron chi connectivity index (χ3n) is 5.30. The number of hydrogen-bond acceptors (Lipinski definition) is 3. The van der Waals surface area contributed by atoms with Gasteiger partial charge in [0.25, 0.3) is 0 Å². The largest absolute Gasteiger partial charge is 0.394 e. The minimum absolute atomic E-state index is 0.125. The topological polar surface area (TPSA) is 50.1 Å². The molecule has 0 spiro atoms. The van der Waals surface area contributed by atoms with E-state index >= 15 is 0 Å². The number of aromatic nitrogens is 2. The van der Waals surface area contributed by atoms with Gasteiger partial charge in [-0.15, -0.1) is 0 Å². The predicted octanol–water partition coefficient (Wildman–Crippen LogP) is 3.22. The molecule has 0 saturated heterocycles. The van der Waals surface area contributed by atoms with Crippen LogP contribution in [0.4, 0.5) is 0 Å². The Labute approximate surface area is 144 Å². The Bertz CT molecular complexity index is 705. The second kappa shape index (κ2) is 7.49. The van der Waals surface area contributed by atoms with Crippen LogP contribution in [0, 0.1) is 13.8 Å². The number of fused-ring (bicyclic) bond motifs is 1. The third-order valence-corrected chi connectivity index (χ3v) is 5.30. The van der Waals surface area contributed by atoms with Gasteiger partial charge in [0.15, 0.2) is 0 Å². The maximum absolute atomic E-state index is 9.13. The van der Waals surface area contributed by atoms with E-state index in [0.717, 1.165) is 17.9 Å². The summed E-state index contributed by atoms with van der Waals surface area (Å²) in [5.41, 5.74) is 7.88. The Morgan fingerprint density at radius 1 is 1.21 bits per heavy atom. The molecule has 1 aromatic heterocycles. The average Bonchev–Trinajstić information content (AvgIpc) is 2.86. The van der Waals surface area contributed by atoms with E-state index in [0.29, 0.717) is 12.6 Å². The molecule has 1 aliphatic rings. The lowest BCUT2D eigenvalue weighted by atomic mass is 9.89. The standard InChI is InChI=1S/C20H29N3O/c1-14(18-9-8-17-6-4-5-7-19(17)12-18)21-13-20-15(2)22-23(10-11-24)16(20)3/h8-9,12,14,21,24H,4-7,10-11,13H2,1-3H3. The summed E-state index contributed by atoms with van der Waals surface area (Å²) in [6.07, 6.45) is 5.11. The van der Waals surface area contributed by atoms with Gasteiger partial charge in [-0.3, -0.25) is 4.68 Å². The molecular weight excluding hydrogens is 298 g/mol. The lowest BCUT2D eigenvalue weighted by Gasteiger charge is -2.20. The van der Waals surface area contributed by atoms with E-state index < -0.39 is 0 Å². The van der Waals surface area contributed by atoms with Crippen molar-refractivity contribution in [2.45, 2.75) is 65.6 Å². The molecule has 0 saturated carbocycles. The minimum atomic E-state index is 0.125. The lowest BCUT2D eigenvalue weighted by Crippen LogP contribution is -2.19. The molecule has 3 rings (SSSR count). The van der Waals surface area contributed by atoms with Crippen molar-refractivity contribution in [3.05, 3.63) is 51.8 Å². The fourth-order valence-electron chi connectivity index (χ4n) is 3.70. The van der Waals surface area contributed by atoms with Crippen LogP contribution >= 0.6 is 0 Å². The molecule has 24 heavy (non-hydrogen) atoms. The van der Waals surface area contributed by atoms with E-state index in [1.807, 2.05) is 11.6 Å². The summed E-state index contributed by atoms with van der Waals surface area (Å²) in [7, 11) is 0. The van der Waals surface area contributed by atoms with Crippen molar-refractivity contribution in [3.63, 3.8) is 0 Å². The van der Waals surface area contributed by atoms with Gasteiger partial charge in [-0.05, 0) is 63.1 Å². The Balaban J connectivity index is 1.68. The lowest BCUT2D eigenvalue weighted by molar-refractivity contribution is 0.267. The van der Waals surface area contributed by atoms with Crippen molar-refractivity contribution in [2.75, 3.05) is 6.61 Å². The van der Waals surface area contributed by atoms with Crippen molar-refractivity contribution in [1.29, 1.82) is 0 Å². The molecule has 1 aliphatic carbocycles. The summed E-state index contributed by atoms with van der Waals surface area (Å²) in [5, 5.41) is 17.3. The molecular formula is C20H29N3O. The fourth-order valence-corrected chi connectivity index (χ4v) is 3.70. The van der Waals surface area contributed by atoms with Gasteiger partial charge in [0.05, 0.1) is 18.8 Å². The monoisotopic (exact) mass is 327 g/mol. The zero-order valence-electron chi connectivity index (χ0n) is 15.1. The first kappa shape index (κ1) is 17.2. The van der Waals surface area contributed by atoms with Gasteiger partial charge in [0, 0.05) is 23.8 Å². The number of nitrogens with one attached hydrogen (secondary N) is 1. The zero-order chi connectivity index (χ0) is 17.1. The number of hydrogen-bond donors (Lipinski definition) is 2. The van der Waals surface area contributed by atoms with Crippen LogP contribution in [0.2, 0.25) is 0 Å². The summed E-state index contributed by atoms with van der Waals surface area (Å²) in [4.78, 5) is 0. The van der Waals surface area contributed by atoms with Gasteiger partial charge < -0.3 is 10.4 Å². The molecule has 0 aliphatic heterocycles. The maximum atomic E-state index is 9.13. The highest BCUT2D eigenvalue weighted by atomic mass is 16.3. The molecule has 2 aromatic rings. The second-order valence-electron chi connectivity index (χ2n) is 6.93. The van der Waals surface area contributed by atoms with Crippen molar-refractivity contribution >= 4 is 0 Å². The molecule has 0 radical (unpaired) electrons. The molecule has 0 bridgehead atoms. The summed E-state index contributed by atoms with van der Waals surface area (Å²) in [5.74, 6) is 0. The SMILES string of the molecule is Cc1nn(CCO)c(C)c1CNC(C)c1ccc2c(c1)CCCC2. The van der Waals surface area contributed by atoms with E-state index in [4.69, 9.17) is 5.11 Å². The van der Waals surface area contributed by atoms with Gasteiger partial charge in [-0.2, -0.15) is 5.10 Å². The van der Waals surface area contributed by atoms with E-state index in [2.05, 4.69) is 42.5 Å². The van der Waals surface area contributed by atoms with E-state index in [-0.39, 0.29) is 6.61 Å². The third kappa shape index (κ3) is 3.55. The number of aryl methyl sites for hydroxylation is 3. The second-order valence-corrected chi connectivity index (χ2v) is 6.93. The molecule has 0 amide bonds. The predicted molar refractivity (Wildman–Crippen MR) is 97.1 cm³/mol. The van der Waals surface area contributed by atoms with Crippen molar-refractivity contribution in [2.24, 2.45) is 0 Å². The van der Waals surface area contributed by atoms with Crippen LogP contribution in [-0.4, -0.2) is 21.5 Å². The summed E-state index contributed by atoms with van der Waals surface area (Å²) in [6, 6.07) is 7.30. The van der Waals surface area contributed by atoms with Crippen LogP contribution in [-0.2, 0) is 25.9 Å². The highest BCUT2D eigenvalue weighted by Crippen LogP contribution is 2.25. The summed E-state index contributed by atoms with van der Waals surface area (Å²) < 4.78 is 1.90. The molecule has 4 heteroatoms. The fraction of sp³-hybridized carbons (Fsp3) is 0.550. The smallest absolute Gasteiger partial charge is 0.0644 e. The van der Waals surface area contributed by atoms with Crippen LogP contribution in [0.15, 0.2) is 18.2 Å². The van der Waals surface area contributed by atoms with Gasteiger partial charge in [-0.25, -0.2) is 0 Å². The Hall–Kier alpha value is -1.65. The minimum Gasteiger partial charge on any atom is -0.394 e. The maximum Gasteiger partial charge on any atom is 0.0644 e. The zero-order valence-corrected chi connectivity index (χ0v) is 15.1. The Morgan fingerprint density at radius 3 is 2.71 bits per heavy atom. The van der Waals surface area contributed by atoms with Gasteiger partial charge in [0.2, 0.25) is 0 Å². The number of rotatable bonds is 6. The average molecular weight is 327 g/mol. The number of nitrogens with zero attached hydrogens (tertiary/aromatic N) is 2. The van der Waals surface area contributed by atoms with Crippen molar-refractivity contribution < 1.29 is 5.11 Å². The summed E-state index contributed by atoms with van der Waals surface area (Å²) >= 11 is 0. The normalized spacial score (nSPS) is 15.3. The Morgan fingerprint density at radius 2 is 1.96 bits per heavy atom. The molecule has 1 heterocycles. The molecule has 1 aromatic carbocycles. The van der Waals surface area contributed by atoms with Crippen LogP contribution in [0.3, 0.4) is 0 Å². The van der Waals surface area contributed by atoms with Crippen molar-refractivity contribution in [1.82, 2.24) is 15.1 Å². The highest BCUT2D eigenvalue weighted by Gasteiger charge is 2.15.